The average Bonchev–Trinajstić information content (AvgIpc) is 3.63. The molecule has 212 valence electrons. The monoisotopic (exact) mass is 559 g/mol. The molecule has 1 N–H and O–H groups in total. The molecule has 3 aromatic heterocycles. The summed E-state index contributed by atoms with van der Waals surface area (Å²) in [5, 5.41) is 6.98. The predicted octanol–water partition coefficient (Wildman–Crippen LogP) is 5.31. The number of aliphatic imine (C=N–C) groups is 1. The van der Waals surface area contributed by atoms with Gasteiger partial charge in [-0.3, -0.25) is 9.79 Å². The molecule has 4 aromatic rings. The molecule has 0 radical (unpaired) electrons. The second-order valence-corrected chi connectivity index (χ2v) is 10.2. The first-order valence-corrected chi connectivity index (χ1v) is 12.9. The van der Waals surface area contributed by atoms with Crippen LogP contribution in [0.2, 0.25) is 0 Å². The van der Waals surface area contributed by atoms with E-state index >= 15 is 0 Å². The molecular formula is C27H29F4N7O2. The molecule has 0 unspecified atom stereocenters. The SMILES string of the molecule is CC(C)n1ccc(C(=O)NCc2nc(-c3cc4c(N=C5CCN(C)C[C@@H]5F)cccc4n3CC(F)(F)F)no2)c1. The molecule has 0 saturated carbocycles. The Bertz CT molecular complexity index is 1550. The third kappa shape index (κ3) is 5.93. The Labute approximate surface area is 227 Å². The number of carbonyl (C=O) groups is 1. The number of halogens is 4. The fourth-order valence-electron chi connectivity index (χ4n) is 4.67. The van der Waals surface area contributed by atoms with Gasteiger partial charge in [0.25, 0.3) is 5.91 Å². The zero-order valence-corrected chi connectivity index (χ0v) is 22.2. The van der Waals surface area contributed by atoms with Crippen LogP contribution in [0, 0.1) is 0 Å². The van der Waals surface area contributed by atoms with Crippen LogP contribution in [0.1, 0.15) is 42.6 Å². The summed E-state index contributed by atoms with van der Waals surface area (Å²) in [5.74, 6) is -0.395. The van der Waals surface area contributed by atoms with Crippen LogP contribution in [0.4, 0.5) is 23.2 Å². The summed E-state index contributed by atoms with van der Waals surface area (Å²) in [6.45, 7) is 3.42. The minimum absolute atomic E-state index is 0.0301. The van der Waals surface area contributed by atoms with Crippen molar-refractivity contribution < 1.29 is 26.9 Å². The summed E-state index contributed by atoms with van der Waals surface area (Å²) in [4.78, 5) is 23.1. The van der Waals surface area contributed by atoms with E-state index in [1.807, 2.05) is 30.4 Å². The Kier molecular flexibility index (Phi) is 7.49. The van der Waals surface area contributed by atoms with Crippen LogP contribution in [0.25, 0.3) is 22.4 Å². The quantitative estimate of drug-likeness (QED) is 0.310. The molecule has 0 bridgehead atoms. The number of carbonyl (C=O) groups excluding carboxylic acids is 1. The lowest BCUT2D eigenvalue weighted by molar-refractivity contribution is -0.139. The minimum atomic E-state index is -4.53. The van der Waals surface area contributed by atoms with Crippen LogP contribution in [0.5, 0.6) is 0 Å². The molecule has 9 nitrogen and oxygen atoms in total. The molecule has 5 rings (SSSR count). The number of alkyl halides is 4. The summed E-state index contributed by atoms with van der Waals surface area (Å²) in [6.07, 6.45) is -1.86. The van der Waals surface area contributed by atoms with E-state index in [2.05, 4.69) is 20.4 Å². The molecule has 1 aliphatic rings. The lowest BCUT2D eigenvalue weighted by Crippen LogP contribution is -2.39. The van der Waals surface area contributed by atoms with Crippen LogP contribution < -0.4 is 5.32 Å². The third-order valence-electron chi connectivity index (χ3n) is 6.78. The van der Waals surface area contributed by atoms with E-state index < -0.39 is 18.9 Å². The number of rotatable bonds is 7. The van der Waals surface area contributed by atoms with Crippen molar-refractivity contribution in [1.82, 2.24) is 29.5 Å². The van der Waals surface area contributed by atoms with Crippen molar-refractivity contribution in [2.24, 2.45) is 4.99 Å². The van der Waals surface area contributed by atoms with Gasteiger partial charge in [0, 0.05) is 43.3 Å². The standard InChI is InChI=1S/C27H29F4N7O2/c1-16(2)37-10-7-17(13-37)26(39)32-12-24-34-25(35-40-24)23-11-18-20(33-21-8-9-36(3)14-19(21)28)5-4-6-22(18)38(23)15-27(29,30)31/h4-7,10-11,13,16,19H,8-9,12,14-15H2,1-3H3,(H,32,39)/t19-/m0/s1. The van der Waals surface area contributed by atoms with Crippen molar-refractivity contribution in [3.05, 3.63) is 54.2 Å². The van der Waals surface area contributed by atoms with Gasteiger partial charge in [0.15, 0.2) is 6.17 Å². The number of nitrogens with zero attached hydrogens (tertiary/aromatic N) is 6. The Morgan fingerprint density at radius 1 is 1.27 bits per heavy atom. The summed E-state index contributed by atoms with van der Waals surface area (Å²) >= 11 is 0. The van der Waals surface area contributed by atoms with Crippen molar-refractivity contribution in [3.63, 3.8) is 0 Å². The summed E-state index contributed by atoms with van der Waals surface area (Å²) in [7, 11) is 1.82. The van der Waals surface area contributed by atoms with E-state index in [4.69, 9.17) is 4.52 Å². The van der Waals surface area contributed by atoms with Gasteiger partial charge in [-0.15, -0.1) is 0 Å². The van der Waals surface area contributed by atoms with Gasteiger partial charge >= 0.3 is 6.18 Å². The molecule has 0 spiro atoms. The number of fused-ring (bicyclic) bond motifs is 1. The van der Waals surface area contributed by atoms with Gasteiger partial charge in [-0.05, 0) is 45.2 Å². The Hall–Kier alpha value is -4.00. The van der Waals surface area contributed by atoms with Crippen molar-refractivity contribution in [2.75, 3.05) is 20.1 Å². The second kappa shape index (κ2) is 10.9. The van der Waals surface area contributed by atoms with Gasteiger partial charge in [0.1, 0.15) is 6.54 Å². The first-order valence-electron chi connectivity index (χ1n) is 12.9. The zero-order chi connectivity index (χ0) is 28.6. The summed E-state index contributed by atoms with van der Waals surface area (Å²) in [6, 6.07) is 8.15. The Morgan fingerprint density at radius 3 is 2.77 bits per heavy atom. The van der Waals surface area contributed by atoms with Crippen molar-refractivity contribution in [3.8, 4) is 11.5 Å². The number of piperidine rings is 1. The van der Waals surface area contributed by atoms with Gasteiger partial charge in [0.05, 0.1) is 34.7 Å². The van der Waals surface area contributed by atoms with Crippen LogP contribution in [-0.4, -0.2) is 68.3 Å². The smallest absolute Gasteiger partial charge is 0.351 e. The molecule has 1 fully saturated rings. The molecular weight excluding hydrogens is 530 g/mol. The fraction of sp³-hybridized carbons (Fsp3) is 0.407. The maximum Gasteiger partial charge on any atom is 0.406 e. The molecule has 0 aliphatic carbocycles. The van der Waals surface area contributed by atoms with Crippen LogP contribution in [0.3, 0.4) is 0 Å². The van der Waals surface area contributed by atoms with Crippen molar-refractivity contribution >= 4 is 28.2 Å². The maximum absolute atomic E-state index is 14.6. The Morgan fingerprint density at radius 2 is 2.08 bits per heavy atom. The molecule has 1 saturated heterocycles. The molecule has 1 atom stereocenters. The van der Waals surface area contributed by atoms with E-state index in [1.54, 1.807) is 36.7 Å². The van der Waals surface area contributed by atoms with Gasteiger partial charge in [-0.1, -0.05) is 11.2 Å². The number of benzene rings is 1. The van der Waals surface area contributed by atoms with Gasteiger partial charge in [0.2, 0.25) is 11.7 Å². The highest BCUT2D eigenvalue weighted by Crippen LogP contribution is 2.35. The second-order valence-electron chi connectivity index (χ2n) is 10.2. The number of aromatic nitrogens is 4. The van der Waals surface area contributed by atoms with Crippen LogP contribution >= 0.6 is 0 Å². The molecule has 13 heteroatoms. The molecule has 4 heterocycles. The fourth-order valence-corrected chi connectivity index (χ4v) is 4.67. The summed E-state index contributed by atoms with van der Waals surface area (Å²) in [5.41, 5.74) is 1.50. The Balaban J connectivity index is 1.44. The van der Waals surface area contributed by atoms with Gasteiger partial charge in [-0.2, -0.15) is 18.2 Å². The molecule has 1 aromatic carbocycles. The number of hydrogen-bond donors (Lipinski definition) is 1. The minimum Gasteiger partial charge on any atom is -0.351 e. The maximum atomic E-state index is 14.6. The number of hydrogen-bond acceptors (Lipinski definition) is 6. The third-order valence-corrected chi connectivity index (χ3v) is 6.78. The van der Waals surface area contributed by atoms with E-state index in [9.17, 15) is 22.4 Å². The van der Waals surface area contributed by atoms with E-state index in [1.165, 1.54) is 6.07 Å². The lowest BCUT2D eigenvalue weighted by atomic mass is 10.1. The topological polar surface area (TPSA) is 93.5 Å². The van der Waals surface area contributed by atoms with Crippen molar-refractivity contribution in [2.45, 2.75) is 51.7 Å². The van der Waals surface area contributed by atoms with E-state index in [0.717, 1.165) is 4.57 Å². The van der Waals surface area contributed by atoms with Crippen molar-refractivity contribution in [1.29, 1.82) is 0 Å². The number of likely N-dealkylation sites (tertiary alicyclic amines) is 1. The van der Waals surface area contributed by atoms with Crippen LogP contribution in [-0.2, 0) is 13.1 Å². The zero-order valence-electron chi connectivity index (χ0n) is 22.2. The molecule has 1 amide bonds. The number of amides is 1. The van der Waals surface area contributed by atoms with E-state index in [0.29, 0.717) is 35.3 Å². The number of nitrogens with one attached hydrogen (secondary N) is 1. The van der Waals surface area contributed by atoms with Crippen LogP contribution in [0.15, 0.2) is 52.2 Å². The predicted molar refractivity (Wildman–Crippen MR) is 141 cm³/mol. The highest BCUT2D eigenvalue weighted by Gasteiger charge is 2.31. The highest BCUT2D eigenvalue weighted by atomic mass is 19.4. The average molecular weight is 560 g/mol. The largest absolute Gasteiger partial charge is 0.406 e. The normalized spacial score (nSPS) is 17.8. The first kappa shape index (κ1) is 27.6. The first-order chi connectivity index (χ1) is 19.0. The van der Waals surface area contributed by atoms with Gasteiger partial charge < -0.3 is 23.9 Å². The lowest BCUT2D eigenvalue weighted by Gasteiger charge is -2.26. The molecule has 40 heavy (non-hydrogen) atoms. The van der Waals surface area contributed by atoms with Gasteiger partial charge in [-0.25, -0.2) is 4.39 Å². The summed E-state index contributed by atoms with van der Waals surface area (Å²) < 4.78 is 63.7. The highest BCUT2D eigenvalue weighted by molar-refractivity contribution is 5.99. The van der Waals surface area contributed by atoms with E-state index in [-0.39, 0.29) is 48.0 Å². The molecule has 1 aliphatic heterocycles.